The normalized spacial score (nSPS) is 27.9. The number of ether oxygens (including phenoxy) is 1. The molecule has 0 spiro atoms. The van der Waals surface area contributed by atoms with Crippen LogP contribution in [0, 0.1) is 18.3 Å². The van der Waals surface area contributed by atoms with Crippen molar-refractivity contribution >= 4 is 11.6 Å². The molecule has 2 aliphatic rings. The first-order valence-corrected chi connectivity index (χ1v) is 10.0. The number of rotatable bonds is 3. The van der Waals surface area contributed by atoms with Crippen molar-refractivity contribution in [3.8, 4) is 0 Å². The van der Waals surface area contributed by atoms with Crippen LogP contribution in [0.15, 0.2) is 24.3 Å². The van der Waals surface area contributed by atoms with Crippen LogP contribution in [-0.2, 0) is 9.53 Å². The van der Waals surface area contributed by atoms with Gasteiger partial charge in [0.2, 0.25) is 5.91 Å². The third-order valence-corrected chi connectivity index (χ3v) is 6.47. The Hall–Kier alpha value is -1.39. The molecule has 0 radical (unpaired) electrons. The number of amides is 1. The van der Waals surface area contributed by atoms with Gasteiger partial charge in [-0.3, -0.25) is 9.69 Å². The van der Waals surface area contributed by atoms with E-state index in [4.69, 9.17) is 4.74 Å². The Kier molecular flexibility index (Phi) is 5.73. The molecule has 1 aromatic rings. The first kappa shape index (κ1) is 19.4. The number of anilines is 1. The van der Waals surface area contributed by atoms with Gasteiger partial charge in [0.1, 0.15) is 5.54 Å². The van der Waals surface area contributed by atoms with E-state index in [1.807, 2.05) is 31.2 Å². The molecule has 2 fully saturated rings. The van der Waals surface area contributed by atoms with E-state index < -0.39 is 5.54 Å². The minimum Gasteiger partial charge on any atom is -0.379 e. The number of carbonyl (C=O) groups is 1. The summed E-state index contributed by atoms with van der Waals surface area (Å²) in [7, 11) is 0. The van der Waals surface area contributed by atoms with Gasteiger partial charge in [0, 0.05) is 18.8 Å². The zero-order chi connectivity index (χ0) is 18.8. The highest BCUT2D eigenvalue weighted by Crippen LogP contribution is 2.44. The highest BCUT2D eigenvalue weighted by atomic mass is 16.5. The molecular weight excluding hydrogens is 324 g/mol. The van der Waals surface area contributed by atoms with E-state index in [2.05, 4.69) is 31.0 Å². The van der Waals surface area contributed by atoms with Crippen molar-refractivity contribution in [2.75, 3.05) is 31.6 Å². The molecule has 1 aromatic carbocycles. The van der Waals surface area contributed by atoms with Crippen molar-refractivity contribution in [3.05, 3.63) is 29.8 Å². The van der Waals surface area contributed by atoms with Crippen LogP contribution in [0.1, 0.15) is 52.0 Å². The van der Waals surface area contributed by atoms with E-state index in [1.54, 1.807) is 0 Å². The summed E-state index contributed by atoms with van der Waals surface area (Å²) in [6.45, 7) is 12.2. The van der Waals surface area contributed by atoms with Gasteiger partial charge in [0.25, 0.3) is 0 Å². The molecule has 1 amide bonds. The maximum Gasteiger partial charge on any atom is 0.244 e. The van der Waals surface area contributed by atoms with Gasteiger partial charge in [0.15, 0.2) is 0 Å². The average Bonchev–Trinajstić information content (AvgIpc) is 2.63. The summed E-state index contributed by atoms with van der Waals surface area (Å²) < 4.78 is 5.55. The molecule has 1 saturated carbocycles. The van der Waals surface area contributed by atoms with Crippen LogP contribution < -0.4 is 5.32 Å². The first-order valence-electron chi connectivity index (χ1n) is 10.0. The number of benzene rings is 1. The highest BCUT2D eigenvalue weighted by molar-refractivity contribution is 5.98. The summed E-state index contributed by atoms with van der Waals surface area (Å²) >= 11 is 0. The molecule has 4 heteroatoms. The van der Waals surface area contributed by atoms with Crippen molar-refractivity contribution < 1.29 is 9.53 Å². The van der Waals surface area contributed by atoms with Crippen LogP contribution in [0.2, 0.25) is 0 Å². The molecule has 0 unspecified atom stereocenters. The fourth-order valence-corrected chi connectivity index (χ4v) is 4.59. The molecule has 3 rings (SSSR count). The Bertz CT molecular complexity index is 621. The van der Waals surface area contributed by atoms with E-state index in [1.165, 1.54) is 0 Å². The molecule has 26 heavy (non-hydrogen) atoms. The quantitative estimate of drug-likeness (QED) is 0.879. The van der Waals surface area contributed by atoms with Gasteiger partial charge in [-0.25, -0.2) is 0 Å². The summed E-state index contributed by atoms with van der Waals surface area (Å²) in [6.07, 6.45) is 4.10. The minimum absolute atomic E-state index is 0.168. The summed E-state index contributed by atoms with van der Waals surface area (Å²) in [4.78, 5) is 15.9. The zero-order valence-electron chi connectivity index (χ0n) is 16.8. The molecule has 0 atom stereocenters. The Balaban J connectivity index is 1.82. The van der Waals surface area contributed by atoms with Crippen LogP contribution in [0.3, 0.4) is 0 Å². The second-order valence-corrected chi connectivity index (χ2v) is 9.04. The standard InChI is InChI=1S/C22H34N2O2/c1-17-7-5-6-8-19(17)23-20(25)22(24-13-15-26-16-14-24)11-9-18(10-12-22)21(2,3)4/h5-8,18H,9-16H2,1-4H3,(H,23,25). The average molecular weight is 359 g/mol. The van der Waals surface area contributed by atoms with E-state index in [9.17, 15) is 4.79 Å². The monoisotopic (exact) mass is 358 g/mol. The number of hydrogen-bond acceptors (Lipinski definition) is 3. The van der Waals surface area contributed by atoms with Gasteiger partial charge in [-0.15, -0.1) is 0 Å². The number of hydrogen-bond donors (Lipinski definition) is 1. The minimum atomic E-state index is -0.395. The van der Waals surface area contributed by atoms with Gasteiger partial charge in [-0.2, -0.15) is 0 Å². The van der Waals surface area contributed by atoms with Gasteiger partial charge in [-0.1, -0.05) is 39.0 Å². The number of para-hydroxylation sites is 1. The summed E-state index contributed by atoms with van der Waals surface area (Å²) in [5.41, 5.74) is 1.96. The molecule has 1 N–H and O–H groups in total. The van der Waals surface area contributed by atoms with Gasteiger partial charge >= 0.3 is 0 Å². The Labute approximate surface area is 158 Å². The topological polar surface area (TPSA) is 41.6 Å². The third-order valence-electron chi connectivity index (χ3n) is 6.47. The molecule has 1 aliphatic heterocycles. The predicted molar refractivity (Wildman–Crippen MR) is 106 cm³/mol. The molecule has 4 nitrogen and oxygen atoms in total. The number of morpholine rings is 1. The summed E-state index contributed by atoms with van der Waals surface area (Å²) in [5, 5.41) is 3.25. The van der Waals surface area contributed by atoms with Gasteiger partial charge in [-0.05, 0) is 55.6 Å². The molecule has 144 valence electrons. The number of nitrogens with zero attached hydrogens (tertiary/aromatic N) is 1. The Morgan fingerprint density at radius 3 is 2.35 bits per heavy atom. The fraction of sp³-hybridized carbons (Fsp3) is 0.682. The summed E-state index contributed by atoms with van der Waals surface area (Å²) in [6, 6.07) is 8.05. The second kappa shape index (κ2) is 7.69. The van der Waals surface area contributed by atoms with Crippen LogP contribution in [0.5, 0.6) is 0 Å². The number of nitrogens with one attached hydrogen (secondary N) is 1. The van der Waals surface area contributed by atoms with Crippen LogP contribution in [0.25, 0.3) is 0 Å². The van der Waals surface area contributed by atoms with E-state index in [-0.39, 0.29) is 5.91 Å². The molecule has 0 aromatic heterocycles. The van der Waals surface area contributed by atoms with Gasteiger partial charge < -0.3 is 10.1 Å². The number of aryl methyl sites for hydroxylation is 1. The molecular formula is C22H34N2O2. The van der Waals surface area contributed by atoms with Crippen molar-refractivity contribution in [2.45, 2.75) is 58.9 Å². The zero-order valence-corrected chi connectivity index (χ0v) is 16.8. The SMILES string of the molecule is Cc1ccccc1NC(=O)C1(N2CCOCC2)CCC(C(C)(C)C)CC1. The maximum absolute atomic E-state index is 13.5. The van der Waals surface area contributed by atoms with Crippen LogP contribution in [0.4, 0.5) is 5.69 Å². The maximum atomic E-state index is 13.5. The lowest BCUT2D eigenvalue weighted by molar-refractivity contribution is -0.136. The molecule has 1 aliphatic carbocycles. The Morgan fingerprint density at radius 2 is 1.77 bits per heavy atom. The third kappa shape index (κ3) is 3.96. The molecule has 1 saturated heterocycles. The van der Waals surface area contributed by atoms with Crippen LogP contribution >= 0.6 is 0 Å². The second-order valence-electron chi connectivity index (χ2n) is 9.04. The molecule has 0 bridgehead atoms. The predicted octanol–water partition coefficient (Wildman–Crippen LogP) is 4.24. The number of carbonyl (C=O) groups excluding carboxylic acids is 1. The fourth-order valence-electron chi connectivity index (χ4n) is 4.59. The van der Waals surface area contributed by atoms with E-state index in [0.29, 0.717) is 11.3 Å². The largest absolute Gasteiger partial charge is 0.379 e. The van der Waals surface area contributed by atoms with Gasteiger partial charge in [0.05, 0.1) is 13.2 Å². The van der Waals surface area contributed by atoms with Crippen LogP contribution in [-0.4, -0.2) is 42.6 Å². The first-order chi connectivity index (χ1) is 12.3. The smallest absolute Gasteiger partial charge is 0.244 e. The highest BCUT2D eigenvalue weighted by Gasteiger charge is 2.48. The lowest BCUT2D eigenvalue weighted by Gasteiger charge is -2.49. The lowest BCUT2D eigenvalue weighted by atomic mass is 9.66. The van der Waals surface area contributed by atoms with Crippen molar-refractivity contribution in [1.29, 1.82) is 0 Å². The van der Waals surface area contributed by atoms with E-state index in [0.717, 1.165) is 63.2 Å². The van der Waals surface area contributed by atoms with E-state index >= 15 is 0 Å². The lowest BCUT2D eigenvalue weighted by Crippen LogP contribution is -2.61. The Morgan fingerprint density at radius 1 is 1.15 bits per heavy atom. The van der Waals surface area contributed by atoms with Crippen molar-refractivity contribution in [2.24, 2.45) is 11.3 Å². The van der Waals surface area contributed by atoms with Crippen molar-refractivity contribution in [1.82, 2.24) is 4.90 Å². The summed E-state index contributed by atoms with van der Waals surface area (Å²) in [5.74, 6) is 0.851. The molecule has 1 heterocycles. The van der Waals surface area contributed by atoms with Crippen molar-refractivity contribution in [3.63, 3.8) is 0 Å².